The van der Waals surface area contributed by atoms with Gasteiger partial charge in [0.1, 0.15) is 0 Å². The summed E-state index contributed by atoms with van der Waals surface area (Å²) in [5.74, 6) is -0.0903. The zero-order valence-electron chi connectivity index (χ0n) is 24.7. The minimum Gasteiger partial charge on any atom is -0.336 e. The molecule has 2 nitrogen and oxygen atoms in total. The molecule has 216 valence electrons. The Bertz CT molecular complexity index is 1760. The molecule has 0 aliphatic carbocycles. The summed E-state index contributed by atoms with van der Waals surface area (Å²) in [7, 11) is 3.68. The zero-order valence-corrected chi connectivity index (χ0v) is 27.0. The Hall–Kier alpha value is -4.65. The van der Waals surface area contributed by atoms with Crippen LogP contribution in [0.2, 0.25) is 0 Å². The first-order chi connectivity index (χ1) is 21.2. The molecule has 0 bridgehead atoms. The van der Waals surface area contributed by atoms with Gasteiger partial charge in [0, 0.05) is 14.1 Å². The molecule has 0 heterocycles. The van der Waals surface area contributed by atoms with E-state index in [9.17, 15) is 0 Å². The number of aliphatic imine (C=N–C) groups is 2. The van der Waals surface area contributed by atoms with Gasteiger partial charge in [-0.3, -0.25) is 0 Å². The predicted octanol–water partition coefficient (Wildman–Crippen LogP) is 9.07. The third kappa shape index (κ3) is 6.77. The van der Waals surface area contributed by atoms with E-state index < -0.39 is 0 Å². The topological polar surface area (TPSA) is 24.7 Å². The molecule has 0 aromatic heterocycles. The summed E-state index contributed by atoms with van der Waals surface area (Å²) < 4.78 is 0. The molecule has 0 N–H and O–H groups in total. The quantitative estimate of drug-likeness (QED) is 0.0844. The van der Waals surface area contributed by atoms with Gasteiger partial charge < -0.3 is 9.98 Å². The molecule has 0 unspecified atom stereocenters. The maximum atomic E-state index is 4.66. The van der Waals surface area contributed by atoms with E-state index in [1.54, 1.807) is 0 Å². The largest absolute Gasteiger partial charge is 2.00 e. The fourth-order valence-corrected chi connectivity index (χ4v) is 5.61. The van der Waals surface area contributed by atoms with Crippen molar-refractivity contribution in [3.05, 3.63) is 203 Å². The van der Waals surface area contributed by atoms with E-state index in [-0.39, 0.29) is 27.0 Å². The van der Waals surface area contributed by atoms with Gasteiger partial charge in [-0.25, -0.2) is 0 Å². The van der Waals surface area contributed by atoms with Gasteiger partial charge in [0.05, 0.1) is 0 Å². The number of nitrogens with zero attached hydrogens (tertiary/aromatic N) is 2. The first-order valence-electron chi connectivity index (χ1n) is 14.5. The summed E-state index contributed by atoms with van der Waals surface area (Å²) in [6.45, 7) is 0. The second-order valence-corrected chi connectivity index (χ2v) is 10.3. The van der Waals surface area contributed by atoms with E-state index in [1.807, 2.05) is 56.6 Å². The van der Waals surface area contributed by atoms with E-state index >= 15 is 0 Å². The normalized spacial score (nSPS) is 12.3. The maximum Gasteiger partial charge on any atom is 2.00 e. The van der Waals surface area contributed by atoms with Gasteiger partial charge in [0.15, 0.2) is 0 Å². The fourth-order valence-electron chi connectivity index (χ4n) is 5.61. The Balaban J connectivity index is 0.00000384. The molecule has 0 saturated heterocycles. The molecule has 0 amide bonds. The number of benzene rings is 6. The maximum absolute atomic E-state index is 4.66. The molecular weight excluding hydrogens is 716 g/mol. The molecule has 0 aliphatic rings. The first-order valence-corrected chi connectivity index (χ1v) is 14.5. The van der Waals surface area contributed by atoms with Crippen LogP contribution in [0.4, 0.5) is 0 Å². The average Bonchev–Trinajstić information content (AvgIpc) is 3.08. The van der Waals surface area contributed by atoms with Gasteiger partial charge in [-0.05, 0) is 45.2 Å². The summed E-state index contributed by atoms with van der Waals surface area (Å²) >= 11 is 0. The third-order valence-corrected chi connectivity index (χ3v) is 7.66. The first kappa shape index (κ1) is 30.8. The fraction of sp³-hybridized carbons (Fsp3) is 0.0732. The van der Waals surface area contributed by atoms with Crippen molar-refractivity contribution in [1.82, 2.24) is 0 Å². The van der Waals surface area contributed by atoms with Crippen LogP contribution in [0.5, 0.6) is 0 Å². The van der Waals surface area contributed by atoms with E-state index in [1.165, 1.54) is 16.7 Å². The number of rotatable bonds is 8. The van der Waals surface area contributed by atoms with Crippen LogP contribution in [0, 0.1) is 12.1 Å². The predicted molar refractivity (Wildman–Crippen MR) is 179 cm³/mol. The SMILES string of the molecule is CN=C(c1[c-]c(C(c2[c-]c(C(=NC)c3ccccc3)ccc2)c2ccc(-c3ccccc3)cc2)ccc1)c1ccccc1.[Pt+2]. The summed E-state index contributed by atoms with van der Waals surface area (Å²) in [5, 5.41) is 0. The van der Waals surface area contributed by atoms with Crippen LogP contribution < -0.4 is 0 Å². The average molecular weight is 748 g/mol. The molecule has 3 heteroatoms. The van der Waals surface area contributed by atoms with Crippen LogP contribution in [-0.2, 0) is 21.1 Å². The van der Waals surface area contributed by atoms with Crippen LogP contribution in [-0.4, -0.2) is 25.5 Å². The van der Waals surface area contributed by atoms with Crippen LogP contribution >= 0.6 is 0 Å². The molecule has 0 aliphatic heterocycles. The van der Waals surface area contributed by atoms with Gasteiger partial charge in [-0.1, -0.05) is 115 Å². The van der Waals surface area contributed by atoms with Gasteiger partial charge >= 0.3 is 21.1 Å². The van der Waals surface area contributed by atoms with E-state index in [0.717, 1.165) is 44.8 Å². The molecule has 0 fully saturated rings. The van der Waals surface area contributed by atoms with Crippen LogP contribution in [0.25, 0.3) is 11.1 Å². The molecule has 44 heavy (non-hydrogen) atoms. The van der Waals surface area contributed by atoms with Crippen LogP contribution in [0.3, 0.4) is 0 Å². The molecule has 0 atom stereocenters. The summed E-state index contributed by atoms with van der Waals surface area (Å²) in [4.78, 5) is 9.33. The van der Waals surface area contributed by atoms with Crippen molar-refractivity contribution in [2.45, 2.75) is 5.92 Å². The Morgan fingerprint density at radius 3 is 1.30 bits per heavy atom. The number of hydrogen-bond acceptors (Lipinski definition) is 2. The molecule has 6 aromatic rings. The van der Waals surface area contributed by atoms with E-state index in [4.69, 9.17) is 0 Å². The third-order valence-electron chi connectivity index (χ3n) is 7.66. The Labute approximate surface area is 275 Å². The van der Waals surface area contributed by atoms with Crippen LogP contribution in [0.1, 0.15) is 44.9 Å². The Morgan fingerprint density at radius 2 is 0.864 bits per heavy atom. The molecular formula is C41H32N2Pt. The Morgan fingerprint density at radius 1 is 0.455 bits per heavy atom. The van der Waals surface area contributed by atoms with Gasteiger partial charge in [-0.2, -0.15) is 0 Å². The zero-order chi connectivity index (χ0) is 29.4. The minimum absolute atomic E-state index is 0. The second-order valence-electron chi connectivity index (χ2n) is 10.3. The van der Waals surface area contributed by atoms with Crippen LogP contribution in [0.15, 0.2) is 162 Å². The summed E-state index contributed by atoms with van der Waals surface area (Å²) in [6, 6.07) is 60.2. The Kier molecular flexibility index (Phi) is 10.3. The van der Waals surface area contributed by atoms with Crippen molar-refractivity contribution in [3.63, 3.8) is 0 Å². The molecule has 0 radical (unpaired) electrons. The standard InChI is InChI=1S/C41H32N2.Pt/c1-42-40(33-16-8-4-9-17-33)37-22-12-20-35(28-37)39(32-26-24-31(25-27-32)30-14-6-3-7-15-30)36-21-13-23-38(29-36)41(43-2)34-18-10-5-11-19-34;/h3-27,39H,1-2H3;/q-2;+2. The van der Waals surface area contributed by atoms with Crippen molar-refractivity contribution >= 4 is 11.4 Å². The van der Waals surface area contributed by atoms with Crippen molar-refractivity contribution < 1.29 is 21.1 Å². The van der Waals surface area contributed by atoms with E-state index in [0.29, 0.717) is 0 Å². The second kappa shape index (κ2) is 14.7. The van der Waals surface area contributed by atoms with Crippen molar-refractivity contribution in [1.29, 1.82) is 0 Å². The van der Waals surface area contributed by atoms with Gasteiger partial charge in [0.25, 0.3) is 0 Å². The van der Waals surface area contributed by atoms with Crippen molar-refractivity contribution in [3.8, 4) is 11.1 Å². The summed E-state index contributed by atoms with van der Waals surface area (Å²) in [6.07, 6.45) is 0. The van der Waals surface area contributed by atoms with E-state index in [2.05, 4.69) is 131 Å². The molecule has 0 spiro atoms. The molecule has 6 aromatic carbocycles. The minimum atomic E-state index is -0.0903. The molecule has 6 rings (SSSR count). The number of hydrogen-bond donors (Lipinski definition) is 0. The van der Waals surface area contributed by atoms with Gasteiger partial charge in [-0.15, -0.1) is 70.8 Å². The van der Waals surface area contributed by atoms with Gasteiger partial charge in [0.2, 0.25) is 0 Å². The smallest absolute Gasteiger partial charge is 0.336 e. The monoisotopic (exact) mass is 747 g/mol. The van der Waals surface area contributed by atoms with Crippen molar-refractivity contribution in [2.75, 3.05) is 14.1 Å². The molecule has 0 saturated carbocycles. The summed E-state index contributed by atoms with van der Waals surface area (Å²) in [5.41, 5.74) is 11.6. The van der Waals surface area contributed by atoms with Crippen molar-refractivity contribution in [2.24, 2.45) is 9.98 Å².